The number of benzene rings is 1. The fourth-order valence-corrected chi connectivity index (χ4v) is 5.20. The Kier molecular flexibility index (Phi) is 7.26. The first-order valence-electron chi connectivity index (χ1n) is 11.8. The largest absolute Gasteiger partial charge is 0.346 e. The zero-order valence-corrected chi connectivity index (χ0v) is 20.8. The Morgan fingerprint density at radius 2 is 1.70 bits per heavy atom. The summed E-state index contributed by atoms with van der Waals surface area (Å²) in [6.45, 7) is 10.2. The van der Waals surface area contributed by atoms with Crippen LogP contribution >= 0.6 is 11.8 Å². The number of anilines is 2. The molecule has 1 aliphatic carbocycles. The molecule has 2 amide bonds. The Bertz CT molecular complexity index is 1000. The van der Waals surface area contributed by atoms with E-state index in [4.69, 9.17) is 0 Å². The molecular formula is C24H34N6O2S. The first-order chi connectivity index (χ1) is 15.8. The van der Waals surface area contributed by atoms with E-state index in [1.165, 1.54) is 24.6 Å². The van der Waals surface area contributed by atoms with E-state index in [9.17, 15) is 9.59 Å². The third kappa shape index (κ3) is 5.88. The van der Waals surface area contributed by atoms with E-state index in [1.807, 2.05) is 32.9 Å². The van der Waals surface area contributed by atoms with E-state index in [0.717, 1.165) is 65.3 Å². The third-order valence-electron chi connectivity index (χ3n) is 6.34. The van der Waals surface area contributed by atoms with Gasteiger partial charge in [-0.3, -0.25) is 14.2 Å². The number of carbonyl (C=O) groups is 2. The SMILES string of the molecule is Cc1cc(C)c(NC(=O)CNC(=O)CSc2nnc(N3CCC(C)CC3)n2C2CC2)c(C)c1. The van der Waals surface area contributed by atoms with Crippen LogP contribution in [0.2, 0.25) is 0 Å². The predicted molar refractivity (Wildman–Crippen MR) is 132 cm³/mol. The molecule has 4 rings (SSSR count). The van der Waals surface area contributed by atoms with Crippen LogP contribution in [0.1, 0.15) is 55.3 Å². The number of hydrogen-bond acceptors (Lipinski definition) is 6. The molecule has 0 radical (unpaired) electrons. The maximum atomic E-state index is 12.4. The van der Waals surface area contributed by atoms with Gasteiger partial charge in [0.25, 0.3) is 0 Å². The molecule has 0 unspecified atom stereocenters. The van der Waals surface area contributed by atoms with Gasteiger partial charge in [0.2, 0.25) is 17.8 Å². The Labute approximate surface area is 199 Å². The topological polar surface area (TPSA) is 92.2 Å². The zero-order chi connectivity index (χ0) is 23.5. The molecule has 1 aromatic heterocycles. The zero-order valence-electron chi connectivity index (χ0n) is 20.0. The summed E-state index contributed by atoms with van der Waals surface area (Å²) >= 11 is 1.39. The van der Waals surface area contributed by atoms with Gasteiger partial charge in [-0.2, -0.15) is 0 Å². The minimum absolute atomic E-state index is 0.0569. The first-order valence-corrected chi connectivity index (χ1v) is 12.8. The van der Waals surface area contributed by atoms with Crippen molar-refractivity contribution in [2.75, 3.05) is 35.6 Å². The van der Waals surface area contributed by atoms with Crippen LogP contribution in [0.3, 0.4) is 0 Å². The number of aromatic nitrogens is 3. The highest BCUT2D eigenvalue weighted by Gasteiger charge is 2.32. The van der Waals surface area contributed by atoms with Crippen molar-refractivity contribution < 1.29 is 9.59 Å². The fraction of sp³-hybridized carbons (Fsp3) is 0.583. The molecule has 2 aromatic rings. The average Bonchev–Trinajstić information content (AvgIpc) is 3.53. The summed E-state index contributed by atoms with van der Waals surface area (Å²) in [4.78, 5) is 27.1. The molecule has 2 aliphatic rings. The molecule has 9 heteroatoms. The summed E-state index contributed by atoms with van der Waals surface area (Å²) in [5, 5.41) is 15.3. The van der Waals surface area contributed by atoms with Crippen LogP contribution in [-0.2, 0) is 9.59 Å². The standard InChI is InChI=1S/C24H34N6O2S/c1-15-7-9-29(10-8-15)23-27-28-24(30(23)19-5-6-19)33-14-21(32)25-13-20(31)26-22-17(3)11-16(2)12-18(22)4/h11-12,15,19H,5-10,13-14H2,1-4H3,(H,25,32)(H,26,31). The van der Waals surface area contributed by atoms with Gasteiger partial charge in [0, 0.05) is 24.8 Å². The van der Waals surface area contributed by atoms with Crippen molar-refractivity contribution in [2.24, 2.45) is 5.92 Å². The lowest BCUT2D eigenvalue weighted by atomic mass is 10.00. The molecule has 1 saturated heterocycles. The summed E-state index contributed by atoms with van der Waals surface area (Å²) < 4.78 is 2.21. The predicted octanol–water partition coefficient (Wildman–Crippen LogP) is 3.62. The van der Waals surface area contributed by atoms with Crippen molar-refractivity contribution in [2.45, 2.75) is 64.6 Å². The van der Waals surface area contributed by atoms with Crippen LogP contribution in [0.25, 0.3) is 0 Å². The van der Waals surface area contributed by atoms with Crippen LogP contribution < -0.4 is 15.5 Å². The van der Waals surface area contributed by atoms with Crippen molar-refractivity contribution in [3.8, 4) is 0 Å². The van der Waals surface area contributed by atoms with E-state index in [0.29, 0.717) is 6.04 Å². The van der Waals surface area contributed by atoms with Gasteiger partial charge in [-0.15, -0.1) is 10.2 Å². The normalized spacial score (nSPS) is 16.7. The molecule has 2 heterocycles. The maximum absolute atomic E-state index is 12.4. The third-order valence-corrected chi connectivity index (χ3v) is 7.29. The number of carbonyl (C=O) groups excluding carboxylic acids is 2. The number of amides is 2. The lowest BCUT2D eigenvalue weighted by Gasteiger charge is -2.31. The minimum Gasteiger partial charge on any atom is -0.346 e. The van der Waals surface area contributed by atoms with Crippen LogP contribution in [0.4, 0.5) is 11.6 Å². The number of nitrogens with zero attached hydrogens (tertiary/aromatic N) is 4. The molecule has 0 bridgehead atoms. The van der Waals surface area contributed by atoms with Crippen LogP contribution in [0, 0.1) is 26.7 Å². The summed E-state index contributed by atoms with van der Waals surface area (Å²) in [5.74, 6) is 1.48. The number of piperidine rings is 1. The molecule has 1 saturated carbocycles. The highest BCUT2D eigenvalue weighted by molar-refractivity contribution is 7.99. The Morgan fingerprint density at radius 3 is 2.33 bits per heavy atom. The van der Waals surface area contributed by atoms with Crippen molar-refractivity contribution in [1.29, 1.82) is 0 Å². The number of thioether (sulfide) groups is 1. The van der Waals surface area contributed by atoms with E-state index < -0.39 is 0 Å². The van der Waals surface area contributed by atoms with E-state index >= 15 is 0 Å². The average molecular weight is 471 g/mol. The van der Waals surface area contributed by atoms with Gasteiger partial charge >= 0.3 is 0 Å². The molecule has 2 N–H and O–H groups in total. The van der Waals surface area contributed by atoms with Crippen molar-refractivity contribution in [3.63, 3.8) is 0 Å². The van der Waals surface area contributed by atoms with Gasteiger partial charge in [-0.1, -0.05) is 36.4 Å². The highest BCUT2D eigenvalue weighted by atomic mass is 32.2. The number of rotatable bonds is 8. The van der Waals surface area contributed by atoms with Crippen LogP contribution in [-0.4, -0.2) is 52.0 Å². The van der Waals surface area contributed by atoms with E-state index in [1.54, 1.807) is 0 Å². The second kappa shape index (κ2) is 10.2. The molecule has 0 spiro atoms. The van der Waals surface area contributed by atoms with Gasteiger partial charge in [-0.25, -0.2) is 0 Å². The summed E-state index contributed by atoms with van der Waals surface area (Å²) in [7, 11) is 0. The summed E-state index contributed by atoms with van der Waals surface area (Å²) in [5.41, 5.74) is 4.00. The maximum Gasteiger partial charge on any atom is 0.243 e. The van der Waals surface area contributed by atoms with Crippen molar-refractivity contribution in [1.82, 2.24) is 20.1 Å². The van der Waals surface area contributed by atoms with Gasteiger partial charge in [-0.05, 0) is 63.5 Å². The smallest absolute Gasteiger partial charge is 0.243 e. The van der Waals surface area contributed by atoms with Crippen molar-refractivity contribution in [3.05, 3.63) is 28.8 Å². The van der Waals surface area contributed by atoms with Gasteiger partial charge in [0.15, 0.2) is 5.16 Å². The monoisotopic (exact) mass is 470 g/mol. The molecule has 2 fully saturated rings. The molecule has 178 valence electrons. The Balaban J connectivity index is 1.29. The van der Waals surface area contributed by atoms with Gasteiger partial charge < -0.3 is 15.5 Å². The lowest BCUT2D eigenvalue weighted by Crippen LogP contribution is -2.35. The highest BCUT2D eigenvalue weighted by Crippen LogP contribution is 2.41. The fourth-order valence-electron chi connectivity index (χ4n) is 4.37. The van der Waals surface area contributed by atoms with E-state index in [-0.39, 0.29) is 24.1 Å². The molecular weight excluding hydrogens is 436 g/mol. The van der Waals surface area contributed by atoms with Gasteiger partial charge in [0.05, 0.1) is 12.3 Å². The molecule has 8 nitrogen and oxygen atoms in total. The van der Waals surface area contributed by atoms with Crippen LogP contribution in [0.5, 0.6) is 0 Å². The Hall–Kier alpha value is -2.55. The molecule has 1 aliphatic heterocycles. The lowest BCUT2D eigenvalue weighted by molar-refractivity contribution is -0.122. The van der Waals surface area contributed by atoms with Gasteiger partial charge in [0.1, 0.15) is 0 Å². The number of hydrogen-bond donors (Lipinski definition) is 2. The summed E-state index contributed by atoms with van der Waals surface area (Å²) in [6.07, 6.45) is 4.61. The first kappa shape index (κ1) is 23.6. The quantitative estimate of drug-likeness (QED) is 0.573. The molecule has 0 atom stereocenters. The number of nitrogens with one attached hydrogen (secondary N) is 2. The Morgan fingerprint density at radius 1 is 1.03 bits per heavy atom. The molecule has 1 aromatic carbocycles. The van der Waals surface area contributed by atoms with Crippen LogP contribution in [0.15, 0.2) is 17.3 Å². The minimum atomic E-state index is -0.230. The second-order valence-electron chi connectivity index (χ2n) is 9.44. The van der Waals surface area contributed by atoms with E-state index in [2.05, 4.69) is 37.2 Å². The number of aryl methyl sites for hydroxylation is 3. The van der Waals surface area contributed by atoms with Crippen molar-refractivity contribution >= 4 is 35.2 Å². The summed E-state index contributed by atoms with van der Waals surface area (Å²) in [6, 6.07) is 4.51. The molecule has 33 heavy (non-hydrogen) atoms. The second-order valence-corrected chi connectivity index (χ2v) is 10.4.